The molecular formula is C17H24FIN4S. The monoisotopic (exact) mass is 462 g/mol. The number of aryl methyl sites for hydroxylation is 1. The minimum absolute atomic E-state index is 0. The van der Waals surface area contributed by atoms with Crippen LogP contribution in [0.1, 0.15) is 23.2 Å². The molecule has 0 spiro atoms. The molecule has 0 aliphatic heterocycles. The highest BCUT2D eigenvalue weighted by molar-refractivity contribution is 14.0. The van der Waals surface area contributed by atoms with E-state index in [2.05, 4.69) is 32.5 Å². The second kappa shape index (κ2) is 10.6. The predicted molar refractivity (Wildman–Crippen MR) is 110 cm³/mol. The third kappa shape index (κ3) is 6.72. The van der Waals surface area contributed by atoms with Crippen LogP contribution in [0.5, 0.6) is 0 Å². The van der Waals surface area contributed by atoms with E-state index < -0.39 is 0 Å². The minimum atomic E-state index is -0.205. The number of benzene rings is 1. The van der Waals surface area contributed by atoms with Gasteiger partial charge in [-0.25, -0.2) is 9.37 Å². The summed E-state index contributed by atoms with van der Waals surface area (Å²) in [5.74, 6) is 0.657. The number of hydrogen-bond donors (Lipinski definition) is 1. The Morgan fingerprint density at radius 2 is 2.04 bits per heavy atom. The van der Waals surface area contributed by atoms with Crippen LogP contribution in [0.4, 0.5) is 4.39 Å². The van der Waals surface area contributed by atoms with Crippen LogP contribution in [0.25, 0.3) is 0 Å². The topological polar surface area (TPSA) is 40.5 Å². The lowest BCUT2D eigenvalue weighted by Crippen LogP contribution is -2.38. The molecule has 2 aromatic rings. The van der Waals surface area contributed by atoms with E-state index in [0.717, 1.165) is 41.7 Å². The summed E-state index contributed by atoms with van der Waals surface area (Å²) in [6.45, 7) is 6.27. The molecule has 0 radical (unpaired) electrons. The zero-order chi connectivity index (χ0) is 16.7. The number of rotatable bonds is 6. The molecule has 24 heavy (non-hydrogen) atoms. The van der Waals surface area contributed by atoms with Gasteiger partial charge in [-0.05, 0) is 38.0 Å². The molecule has 7 heteroatoms. The van der Waals surface area contributed by atoms with Gasteiger partial charge in [-0.3, -0.25) is 4.99 Å². The first kappa shape index (κ1) is 20.8. The van der Waals surface area contributed by atoms with Crippen LogP contribution in [0.2, 0.25) is 0 Å². The van der Waals surface area contributed by atoms with Gasteiger partial charge in [-0.15, -0.1) is 35.3 Å². The van der Waals surface area contributed by atoms with Gasteiger partial charge in [-0.2, -0.15) is 0 Å². The van der Waals surface area contributed by atoms with Gasteiger partial charge in [0.05, 0.1) is 17.2 Å². The predicted octanol–water partition coefficient (Wildman–Crippen LogP) is 3.85. The number of nitrogens with one attached hydrogen (secondary N) is 1. The molecule has 0 amide bonds. The summed E-state index contributed by atoms with van der Waals surface area (Å²) in [6, 6.07) is 6.58. The lowest BCUT2D eigenvalue weighted by Gasteiger charge is -2.21. The first-order valence-corrected chi connectivity index (χ1v) is 8.61. The van der Waals surface area contributed by atoms with Crippen molar-refractivity contribution in [1.29, 1.82) is 0 Å². The highest BCUT2D eigenvalue weighted by atomic mass is 127. The van der Waals surface area contributed by atoms with Crippen LogP contribution in [0.3, 0.4) is 0 Å². The molecular weight excluding hydrogens is 438 g/mol. The van der Waals surface area contributed by atoms with Crippen LogP contribution in [0, 0.1) is 12.7 Å². The van der Waals surface area contributed by atoms with Gasteiger partial charge in [0.15, 0.2) is 5.96 Å². The molecule has 0 fully saturated rings. The fourth-order valence-electron chi connectivity index (χ4n) is 2.21. The number of aromatic nitrogens is 1. The average Bonchev–Trinajstić information content (AvgIpc) is 2.93. The second-order valence-corrected chi connectivity index (χ2v) is 6.39. The van der Waals surface area contributed by atoms with Crippen molar-refractivity contribution in [2.75, 3.05) is 20.1 Å². The zero-order valence-electron chi connectivity index (χ0n) is 14.3. The standard InChI is InChI=1S/C17H23FN4S.HI/c1-4-19-17(22(3)11-16-12-23-13(2)21-16)20-10-9-14-5-7-15(18)8-6-14;/h5-8,12H,4,9-11H2,1-3H3,(H,19,20);1H. The van der Waals surface area contributed by atoms with E-state index in [1.165, 1.54) is 12.1 Å². The lowest BCUT2D eigenvalue weighted by atomic mass is 10.1. The Morgan fingerprint density at radius 1 is 1.33 bits per heavy atom. The van der Waals surface area contributed by atoms with Crippen molar-refractivity contribution in [3.05, 3.63) is 51.7 Å². The normalized spacial score (nSPS) is 11.1. The van der Waals surface area contributed by atoms with Crippen LogP contribution >= 0.6 is 35.3 Å². The quantitative estimate of drug-likeness (QED) is 0.403. The van der Waals surface area contributed by atoms with Gasteiger partial charge in [0, 0.05) is 25.5 Å². The molecule has 0 atom stereocenters. The van der Waals surface area contributed by atoms with Crippen LogP contribution in [-0.4, -0.2) is 36.0 Å². The first-order chi connectivity index (χ1) is 11.1. The number of guanidine groups is 1. The largest absolute Gasteiger partial charge is 0.357 e. The smallest absolute Gasteiger partial charge is 0.194 e. The minimum Gasteiger partial charge on any atom is -0.357 e. The molecule has 2 rings (SSSR count). The maximum Gasteiger partial charge on any atom is 0.194 e. The van der Waals surface area contributed by atoms with Gasteiger partial charge in [-0.1, -0.05) is 12.1 Å². The Labute approximate surface area is 164 Å². The number of nitrogens with zero attached hydrogens (tertiary/aromatic N) is 3. The van der Waals surface area contributed by atoms with Gasteiger partial charge >= 0.3 is 0 Å². The summed E-state index contributed by atoms with van der Waals surface area (Å²) in [5.41, 5.74) is 2.14. The van der Waals surface area contributed by atoms with E-state index in [0.29, 0.717) is 6.54 Å². The number of aliphatic imine (C=N–C) groups is 1. The van der Waals surface area contributed by atoms with E-state index in [4.69, 9.17) is 0 Å². The summed E-state index contributed by atoms with van der Waals surface area (Å²) < 4.78 is 12.9. The highest BCUT2D eigenvalue weighted by Gasteiger charge is 2.08. The van der Waals surface area contributed by atoms with Gasteiger partial charge in [0.1, 0.15) is 5.82 Å². The molecule has 0 saturated heterocycles. The molecule has 0 aliphatic rings. The Hall–Kier alpha value is -1.22. The van der Waals surface area contributed by atoms with Crippen molar-refractivity contribution in [2.45, 2.75) is 26.8 Å². The molecule has 0 bridgehead atoms. The summed E-state index contributed by atoms with van der Waals surface area (Å²) in [5, 5.41) is 6.45. The lowest BCUT2D eigenvalue weighted by molar-refractivity contribution is 0.471. The molecule has 1 heterocycles. The summed E-state index contributed by atoms with van der Waals surface area (Å²) in [4.78, 5) is 11.2. The van der Waals surface area contributed by atoms with Crippen molar-refractivity contribution >= 4 is 41.3 Å². The SMILES string of the molecule is CCNC(=NCCc1ccc(F)cc1)N(C)Cc1csc(C)n1.I. The summed E-state index contributed by atoms with van der Waals surface area (Å²) in [7, 11) is 2.01. The maximum absolute atomic E-state index is 12.9. The maximum atomic E-state index is 12.9. The van der Waals surface area contributed by atoms with Gasteiger partial charge < -0.3 is 10.2 Å². The summed E-state index contributed by atoms with van der Waals surface area (Å²) in [6.07, 6.45) is 0.790. The molecule has 4 nitrogen and oxygen atoms in total. The van der Waals surface area contributed by atoms with Gasteiger partial charge in [0.25, 0.3) is 0 Å². The van der Waals surface area contributed by atoms with Crippen LogP contribution in [0.15, 0.2) is 34.6 Å². The van der Waals surface area contributed by atoms with E-state index in [1.807, 2.05) is 14.0 Å². The second-order valence-electron chi connectivity index (χ2n) is 5.33. The van der Waals surface area contributed by atoms with Crippen molar-refractivity contribution in [2.24, 2.45) is 4.99 Å². The van der Waals surface area contributed by atoms with Crippen molar-refractivity contribution < 1.29 is 4.39 Å². The molecule has 132 valence electrons. The fraction of sp³-hybridized carbons (Fsp3) is 0.412. The fourth-order valence-corrected chi connectivity index (χ4v) is 2.81. The average molecular weight is 462 g/mol. The van der Waals surface area contributed by atoms with E-state index >= 15 is 0 Å². The Bertz CT molecular complexity index is 642. The van der Waals surface area contributed by atoms with E-state index in [1.54, 1.807) is 23.5 Å². The van der Waals surface area contributed by atoms with Crippen LogP contribution in [-0.2, 0) is 13.0 Å². The summed E-state index contributed by atoms with van der Waals surface area (Å²) >= 11 is 1.66. The Kier molecular flexibility index (Phi) is 9.20. The van der Waals surface area contributed by atoms with Crippen molar-refractivity contribution in [3.8, 4) is 0 Å². The van der Waals surface area contributed by atoms with E-state index in [9.17, 15) is 4.39 Å². The van der Waals surface area contributed by atoms with Crippen molar-refractivity contribution in [1.82, 2.24) is 15.2 Å². The highest BCUT2D eigenvalue weighted by Crippen LogP contribution is 2.10. The third-order valence-electron chi connectivity index (χ3n) is 3.34. The molecule has 0 aliphatic carbocycles. The molecule has 0 saturated carbocycles. The van der Waals surface area contributed by atoms with Gasteiger partial charge in [0.2, 0.25) is 0 Å². The Balaban J connectivity index is 0.00000288. The molecule has 1 N–H and O–H groups in total. The van der Waals surface area contributed by atoms with Crippen LogP contribution < -0.4 is 5.32 Å². The third-order valence-corrected chi connectivity index (χ3v) is 4.16. The Morgan fingerprint density at radius 3 is 2.62 bits per heavy atom. The molecule has 1 aromatic heterocycles. The number of halogens is 2. The first-order valence-electron chi connectivity index (χ1n) is 7.73. The van der Waals surface area contributed by atoms with E-state index in [-0.39, 0.29) is 29.8 Å². The number of hydrogen-bond acceptors (Lipinski definition) is 3. The van der Waals surface area contributed by atoms with Crippen molar-refractivity contribution in [3.63, 3.8) is 0 Å². The number of thiazole rings is 1. The molecule has 0 unspecified atom stereocenters. The molecule has 1 aromatic carbocycles. The zero-order valence-corrected chi connectivity index (χ0v) is 17.4.